The lowest BCUT2D eigenvalue weighted by Gasteiger charge is -2.23. The number of hydrogen-bond donors (Lipinski definition) is 1. The van der Waals surface area contributed by atoms with Crippen molar-refractivity contribution in [2.24, 2.45) is 0 Å². The Labute approximate surface area is 106 Å². The molecule has 1 N–H and O–H groups in total. The molecule has 0 radical (unpaired) electrons. The van der Waals surface area contributed by atoms with E-state index in [9.17, 15) is 0 Å². The van der Waals surface area contributed by atoms with Crippen molar-refractivity contribution >= 4 is 23.2 Å². The number of rotatable bonds is 3. The summed E-state index contributed by atoms with van der Waals surface area (Å²) in [7, 11) is 0. The van der Waals surface area contributed by atoms with Crippen molar-refractivity contribution in [1.82, 2.24) is 5.32 Å². The minimum absolute atomic E-state index is 0.461. The van der Waals surface area contributed by atoms with Crippen LogP contribution in [0.1, 0.15) is 19.3 Å². The molecule has 0 spiro atoms. The predicted molar refractivity (Wildman–Crippen MR) is 67.6 cm³/mol. The minimum atomic E-state index is 0.461. The molecule has 16 heavy (non-hydrogen) atoms. The van der Waals surface area contributed by atoms with Gasteiger partial charge in [-0.05, 0) is 31.5 Å². The van der Waals surface area contributed by atoms with Gasteiger partial charge in [0.1, 0.15) is 12.4 Å². The molecule has 4 heteroatoms. The second-order valence-corrected chi connectivity index (χ2v) is 4.85. The van der Waals surface area contributed by atoms with Crippen LogP contribution in [-0.2, 0) is 0 Å². The molecule has 2 nitrogen and oxygen atoms in total. The summed E-state index contributed by atoms with van der Waals surface area (Å²) in [6, 6.07) is 5.82. The van der Waals surface area contributed by atoms with Gasteiger partial charge in [-0.25, -0.2) is 0 Å². The standard InChI is InChI=1S/C12H15Cl2NO/c13-11-5-4-10(7-12(11)14)16-8-9-3-1-2-6-15-9/h4-5,7,9,15H,1-3,6,8H2. The monoisotopic (exact) mass is 259 g/mol. The smallest absolute Gasteiger partial charge is 0.120 e. The third-order valence-corrected chi connectivity index (χ3v) is 3.49. The van der Waals surface area contributed by atoms with E-state index in [0.717, 1.165) is 12.3 Å². The summed E-state index contributed by atoms with van der Waals surface area (Å²) < 4.78 is 5.68. The Balaban J connectivity index is 1.86. The van der Waals surface area contributed by atoms with Crippen molar-refractivity contribution in [1.29, 1.82) is 0 Å². The van der Waals surface area contributed by atoms with Gasteiger partial charge in [0.2, 0.25) is 0 Å². The van der Waals surface area contributed by atoms with E-state index < -0.39 is 0 Å². The maximum Gasteiger partial charge on any atom is 0.120 e. The Morgan fingerprint density at radius 1 is 1.25 bits per heavy atom. The summed E-state index contributed by atoms with van der Waals surface area (Å²) in [6.07, 6.45) is 3.73. The summed E-state index contributed by atoms with van der Waals surface area (Å²) in [5.41, 5.74) is 0. The molecule has 0 aliphatic carbocycles. The van der Waals surface area contributed by atoms with Gasteiger partial charge in [0, 0.05) is 12.1 Å². The quantitative estimate of drug-likeness (QED) is 0.897. The highest BCUT2D eigenvalue weighted by atomic mass is 35.5. The maximum atomic E-state index is 5.91. The van der Waals surface area contributed by atoms with Crippen LogP contribution >= 0.6 is 23.2 Å². The first-order chi connectivity index (χ1) is 7.75. The van der Waals surface area contributed by atoms with Gasteiger partial charge in [-0.2, -0.15) is 0 Å². The summed E-state index contributed by atoms with van der Waals surface area (Å²) >= 11 is 11.7. The molecule has 1 aromatic carbocycles. The highest BCUT2D eigenvalue weighted by Gasteiger charge is 2.13. The maximum absolute atomic E-state index is 5.91. The van der Waals surface area contributed by atoms with Crippen LogP contribution in [0.15, 0.2) is 18.2 Å². The summed E-state index contributed by atoms with van der Waals surface area (Å²) in [5.74, 6) is 0.779. The van der Waals surface area contributed by atoms with E-state index >= 15 is 0 Å². The Kier molecular flexibility index (Phi) is 4.33. The van der Waals surface area contributed by atoms with Crippen LogP contribution in [0, 0.1) is 0 Å². The molecule has 1 saturated heterocycles. The van der Waals surface area contributed by atoms with Gasteiger partial charge >= 0.3 is 0 Å². The SMILES string of the molecule is Clc1ccc(OCC2CCCCN2)cc1Cl. The fourth-order valence-electron chi connectivity index (χ4n) is 1.83. The van der Waals surface area contributed by atoms with Crippen molar-refractivity contribution in [2.75, 3.05) is 13.2 Å². The van der Waals surface area contributed by atoms with E-state index in [4.69, 9.17) is 27.9 Å². The number of halogens is 2. The lowest BCUT2D eigenvalue weighted by Crippen LogP contribution is -2.38. The fourth-order valence-corrected chi connectivity index (χ4v) is 2.12. The largest absolute Gasteiger partial charge is 0.492 e. The fraction of sp³-hybridized carbons (Fsp3) is 0.500. The number of ether oxygens (including phenoxy) is 1. The Bertz CT molecular complexity index is 351. The normalized spacial score (nSPS) is 20.8. The highest BCUT2D eigenvalue weighted by Crippen LogP contribution is 2.26. The van der Waals surface area contributed by atoms with E-state index in [2.05, 4.69) is 5.32 Å². The summed E-state index contributed by atoms with van der Waals surface area (Å²) in [6.45, 7) is 1.79. The van der Waals surface area contributed by atoms with E-state index in [0.29, 0.717) is 22.7 Å². The molecular weight excluding hydrogens is 245 g/mol. The van der Waals surface area contributed by atoms with Crippen LogP contribution in [0.4, 0.5) is 0 Å². The Morgan fingerprint density at radius 3 is 2.81 bits per heavy atom. The lowest BCUT2D eigenvalue weighted by atomic mass is 10.1. The van der Waals surface area contributed by atoms with Crippen LogP contribution in [0.2, 0.25) is 10.0 Å². The van der Waals surface area contributed by atoms with Crippen LogP contribution < -0.4 is 10.1 Å². The molecule has 1 aliphatic heterocycles. The molecule has 0 bridgehead atoms. The lowest BCUT2D eigenvalue weighted by molar-refractivity contribution is 0.239. The average molecular weight is 260 g/mol. The summed E-state index contributed by atoms with van der Waals surface area (Å²) in [4.78, 5) is 0. The van der Waals surface area contributed by atoms with Crippen molar-refractivity contribution in [2.45, 2.75) is 25.3 Å². The number of benzene rings is 1. The molecule has 0 aromatic heterocycles. The molecule has 2 rings (SSSR count). The van der Waals surface area contributed by atoms with Gasteiger partial charge in [0.05, 0.1) is 10.0 Å². The number of piperidine rings is 1. The van der Waals surface area contributed by atoms with Crippen molar-refractivity contribution in [3.8, 4) is 5.75 Å². The van der Waals surface area contributed by atoms with Gasteiger partial charge < -0.3 is 10.1 Å². The molecule has 1 aliphatic rings. The van der Waals surface area contributed by atoms with Crippen LogP contribution in [0.3, 0.4) is 0 Å². The van der Waals surface area contributed by atoms with Gasteiger partial charge in [-0.15, -0.1) is 0 Å². The van der Waals surface area contributed by atoms with Crippen molar-refractivity contribution in [3.63, 3.8) is 0 Å². The first-order valence-electron chi connectivity index (χ1n) is 5.57. The first-order valence-corrected chi connectivity index (χ1v) is 6.32. The highest BCUT2D eigenvalue weighted by molar-refractivity contribution is 6.42. The number of nitrogens with one attached hydrogen (secondary N) is 1. The van der Waals surface area contributed by atoms with Crippen LogP contribution in [-0.4, -0.2) is 19.2 Å². The summed E-state index contributed by atoms with van der Waals surface area (Å²) in [5, 5.41) is 4.53. The van der Waals surface area contributed by atoms with Gasteiger partial charge in [-0.1, -0.05) is 29.6 Å². The van der Waals surface area contributed by atoms with E-state index in [1.54, 1.807) is 12.1 Å². The zero-order chi connectivity index (χ0) is 11.4. The molecule has 0 saturated carbocycles. The van der Waals surface area contributed by atoms with Crippen molar-refractivity contribution < 1.29 is 4.74 Å². The Morgan fingerprint density at radius 2 is 2.12 bits per heavy atom. The van der Waals surface area contributed by atoms with E-state index in [1.807, 2.05) is 6.07 Å². The van der Waals surface area contributed by atoms with Gasteiger partial charge in [0.15, 0.2) is 0 Å². The number of hydrogen-bond acceptors (Lipinski definition) is 2. The van der Waals surface area contributed by atoms with Crippen LogP contribution in [0.25, 0.3) is 0 Å². The first kappa shape index (κ1) is 12.0. The third kappa shape index (κ3) is 3.27. The zero-order valence-electron chi connectivity index (χ0n) is 9.01. The Hall–Kier alpha value is -0.440. The molecule has 1 atom stereocenters. The van der Waals surface area contributed by atoms with E-state index in [1.165, 1.54) is 19.3 Å². The molecule has 1 heterocycles. The molecule has 0 amide bonds. The van der Waals surface area contributed by atoms with Gasteiger partial charge in [-0.3, -0.25) is 0 Å². The van der Waals surface area contributed by atoms with Crippen molar-refractivity contribution in [3.05, 3.63) is 28.2 Å². The van der Waals surface area contributed by atoms with Gasteiger partial charge in [0.25, 0.3) is 0 Å². The average Bonchev–Trinajstić information content (AvgIpc) is 2.32. The minimum Gasteiger partial charge on any atom is -0.492 e. The predicted octanol–water partition coefficient (Wildman–Crippen LogP) is 3.51. The molecule has 1 fully saturated rings. The van der Waals surface area contributed by atoms with E-state index in [-0.39, 0.29) is 0 Å². The second kappa shape index (κ2) is 5.76. The molecular formula is C12H15Cl2NO. The second-order valence-electron chi connectivity index (χ2n) is 4.03. The molecule has 1 unspecified atom stereocenters. The topological polar surface area (TPSA) is 21.3 Å². The molecule has 1 aromatic rings. The molecule has 88 valence electrons. The third-order valence-electron chi connectivity index (χ3n) is 2.75. The van der Waals surface area contributed by atoms with Crippen LogP contribution in [0.5, 0.6) is 5.75 Å². The zero-order valence-corrected chi connectivity index (χ0v) is 10.5.